The van der Waals surface area contributed by atoms with E-state index in [-0.39, 0.29) is 11.2 Å². The van der Waals surface area contributed by atoms with Crippen LogP contribution in [-0.2, 0) is 0 Å². The minimum Gasteiger partial charge on any atom is -0.378 e. The summed E-state index contributed by atoms with van der Waals surface area (Å²) in [5.41, 5.74) is 2.72. The van der Waals surface area contributed by atoms with Gasteiger partial charge in [0, 0.05) is 36.7 Å². The molecule has 0 aliphatic heterocycles. The molecule has 4 nitrogen and oxygen atoms in total. The quantitative estimate of drug-likeness (QED) is 0.259. The number of benzene rings is 2. The summed E-state index contributed by atoms with van der Waals surface area (Å²) in [4.78, 5) is 6.45. The lowest BCUT2D eigenvalue weighted by Gasteiger charge is -2.12. The topological polar surface area (TPSA) is 40.3 Å². The Labute approximate surface area is 170 Å². The lowest BCUT2D eigenvalue weighted by atomic mass is 10.2. The molecule has 2 aromatic rings. The van der Waals surface area contributed by atoms with Gasteiger partial charge in [0.15, 0.2) is 0 Å². The minimum atomic E-state index is -0.365. The molecular weight excluding hydrogens is 379 g/mol. The van der Waals surface area contributed by atoms with Gasteiger partial charge in [-0.1, -0.05) is 13.8 Å². The molecule has 2 aromatic carbocycles. The second-order valence-electron chi connectivity index (χ2n) is 6.51. The van der Waals surface area contributed by atoms with Crippen molar-refractivity contribution in [2.45, 2.75) is 31.4 Å². The first-order chi connectivity index (χ1) is 12.8. The van der Waals surface area contributed by atoms with E-state index in [4.69, 9.17) is 0 Å². The van der Waals surface area contributed by atoms with Gasteiger partial charge in [-0.3, -0.25) is 4.99 Å². The van der Waals surface area contributed by atoms with Crippen LogP contribution >= 0.6 is 24.4 Å². The average Bonchev–Trinajstić information content (AvgIpc) is 2.59. The molecule has 0 N–H and O–H groups in total. The third-order valence-corrected chi connectivity index (χ3v) is 4.62. The van der Waals surface area contributed by atoms with Crippen LogP contribution in [0.15, 0.2) is 57.7 Å². The van der Waals surface area contributed by atoms with Crippen LogP contribution < -0.4 is 4.90 Å². The first kappa shape index (κ1) is 21.4. The van der Waals surface area contributed by atoms with Crippen molar-refractivity contribution in [1.29, 1.82) is 0 Å². The van der Waals surface area contributed by atoms with Crippen molar-refractivity contribution in [2.75, 3.05) is 19.0 Å². The molecule has 0 aliphatic carbocycles. The normalized spacial score (nSPS) is 13.4. The molecule has 0 saturated heterocycles. The molecule has 0 bridgehead atoms. The molecule has 2 rings (SSSR count). The molecule has 27 heavy (non-hydrogen) atoms. The van der Waals surface area contributed by atoms with E-state index < -0.39 is 0 Å². The van der Waals surface area contributed by atoms with Gasteiger partial charge in [0.25, 0.3) is 0 Å². The van der Waals surface area contributed by atoms with Crippen LogP contribution in [0.5, 0.6) is 0 Å². The number of hydrogen-bond acceptors (Lipinski definition) is 6. The van der Waals surface area contributed by atoms with E-state index in [0.717, 1.165) is 5.69 Å². The standard InChI is InChI=1S/C20H25FN4S2/c1-13(2)27-20(22-14(3)26)18-11-8-16(12-19(18)21)24-23-15-6-9-17(10-7-15)25(4)5/h6-14,26H,1-5H3. The molecular formula is C20H25FN4S2. The van der Waals surface area contributed by atoms with Gasteiger partial charge in [-0.05, 0) is 43.3 Å². The third kappa shape index (κ3) is 6.66. The molecule has 144 valence electrons. The lowest BCUT2D eigenvalue weighted by molar-refractivity contribution is 0.626. The maximum absolute atomic E-state index is 14.6. The zero-order chi connectivity index (χ0) is 20.0. The van der Waals surface area contributed by atoms with E-state index in [2.05, 4.69) is 27.8 Å². The first-order valence-corrected chi connectivity index (χ1v) is 10.1. The van der Waals surface area contributed by atoms with Gasteiger partial charge in [-0.25, -0.2) is 4.39 Å². The average molecular weight is 405 g/mol. The van der Waals surface area contributed by atoms with Crippen molar-refractivity contribution in [1.82, 2.24) is 0 Å². The number of nitrogens with zero attached hydrogens (tertiary/aromatic N) is 4. The van der Waals surface area contributed by atoms with Crippen molar-refractivity contribution in [2.24, 2.45) is 15.2 Å². The van der Waals surface area contributed by atoms with Crippen molar-refractivity contribution < 1.29 is 4.39 Å². The number of halogens is 1. The highest BCUT2D eigenvalue weighted by atomic mass is 32.2. The molecule has 0 saturated carbocycles. The van der Waals surface area contributed by atoms with Gasteiger partial charge < -0.3 is 4.90 Å². The largest absolute Gasteiger partial charge is 0.378 e. The summed E-state index contributed by atoms with van der Waals surface area (Å²) in [6.07, 6.45) is 0. The second kappa shape index (κ2) is 9.90. The highest BCUT2D eigenvalue weighted by molar-refractivity contribution is 8.14. The Kier molecular flexibility index (Phi) is 7.86. The Hall–Kier alpha value is -1.86. The summed E-state index contributed by atoms with van der Waals surface area (Å²) in [7, 11) is 3.95. The molecule has 1 atom stereocenters. The van der Waals surface area contributed by atoms with Gasteiger partial charge in [0.2, 0.25) is 0 Å². The minimum absolute atomic E-state index is 0.199. The van der Waals surface area contributed by atoms with Gasteiger partial charge in [-0.2, -0.15) is 22.9 Å². The molecule has 7 heteroatoms. The number of hydrogen-bond donors (Lipinski definition) is 1. The summed E-state index contributed by atoms with van der Waals surface area (Å²) in [5.74, 6) is -0.365. The summed E-state index contributed by atoms with van der Waals surface area (Å²) < 4.78 is 14.6. The van der Waals surface area contributed by atoms with E-state index in [1.807, 2.05) is 64.0 Å². The van der Waals surface area contributed by atoms with Crippen LogP contribution in [0.3, 0.4) is 0 Å². The predicted molar refractivity (Wildman–Crippen MR) is 119 cm³/mol. The molecule has 0 aromatic heterocycles. The number of thiol groups is 1. The fourth-order valence-electron chi connectivity index (χ4n) is 2.23. The zero-order valence-electron chi connectivity index (χ0n) is 16.2. The molecule has 0 amide bonds. The molecule has 0 aliphatic rings. The van der Waals surface area contributed by atoms with Crippen LogP contribution in [0.1, 0.15) is 26.3 Å². The number of anilines is 1. The van der Waals surface area contributed by atoms with Crippen LogP contribution in [0.25, 0.3) is 0 Å². The van der Waals surface area contributed by atoms with Crippen molar-refractivity contribution >= 4 is 46.5 Å². The fourth-order valence-corrected chi connectivity index (χ4v) is 3.38. The SMILES string of the molecule is CC(S)N=C(SC(C)C)c1ccc(N=Nc2ccc(N(C)C)cc2)cc1F. The monoisotopic (exact) mass is 404 g/mol. The Bertz CT molecular complexity index is 815. The number of thioether (sulfide) groups is 1. The Balaban J connectivity index is 2.22. The number of rotatable bonds is 6. The summed E-state index contributed by atoms with van der Waals surface area (Å²) in [6, 6.07) is 12.5. The number of azo groups is 1. The molecule has 0 heterocycles. The predicted octanol–water partition coefficient (Wildman–Crippen LogP) is 6.47. The van der Waals surface area contributed by atoms with E-state index >= 15 is 0 Å². The van der Waals surface area contributed by atoms with Crippen LogP contribution in [-0.4, -0.2) is 29.8 Å². The molecule has 0 radical (unpaired) electrons. The summed E-state index contributed by atoms with van der Waals surface area (Å²) in [5, 5.41) is 9.06. The second-order valence-corrected chi connectivity index (χ2v) is 8.82. The van der Waals surface area contributed by atoms with Crippen molar-refractivity contribution in [3.8, 4) is 0 Å². The molecule has 1 unspecified atom stereocenters. The van der Waals surface area contributed by atoms with E-state index in [1.165, 1.54) is 17.8 Å². The van der Waals surface area contributed by atoms with E-state index in [0.29, 0.717) is 27.2 Å². The van der Waals surface area contributed by atoms with Crippen LogP contribution in [0, 0.1) is 5.82 Å². The van der Waals surface area contributed by atoms with Crippen molar-refractivity contribution in [3.63, 3.8) is 0 Å². The lowest BCUT2D eigenvalue weighted by Crippen LogP contribution is -2.07. The van der Waals surface area contributed by atoms with Crippen LogP contribution in [0.2, 0.25) is 0 Å². The highest BCUT2D eigenvalue weighted by Crippen LogP contribution is 2.26. The molecule has 0 fully saturated rings. The van der Waals surface area contributed by atoms with Gasteiger partial charge in [0.1, 0.15) is 10.9 Å². The van der Waals surface area contributed by atoms with E-state index in [9.17, 15) is 4.39 Å². The van der Waals surface area contributed by atoms with Gasteiger partial charge in [0.05, 0.1) is 16.7 Å². The highest BCUT2D eigenvalue weighted by Gasteiger charge is 2.13. The fraction of sp³-hybridized carbons (Fsp3) is 0.350. The van der Waals surface area contributed by atoms with Crippen molar-refractivity contribution in [3.05, 3.63) is 53.8 Å². The Morgan fingerprint density at radius 3 is 2.11 bits per heavy atom. The zero-order valence-corrected chi connectivity index (χ0v) is 17.9. The third-order valence-electron chi connectivity index (χ3n) is 3.48. The Morgan fingerprint density at radius 1 is 1.00 bits per heavy atom. The summed E-state index contributed by atoms with van der Waals surface area (Å²) in [6.45, 7) is 5.95. The maximum atomic E-state index is 14.6. The smallest absolute Gasteiger partial charge is 0.135 e. The summed E-state index contributed by atoms with van der Waals surface area (Å²) >= 11 is 5.82. The maximum Gasteiger partial charge on any atom is 0.135 e. The van der Waals surface area contributed by atoms with Gasteiger partial charge in [-0.15, -0.1) is 11.8 Å². The first-order valence-electron chi connectivity index (χ1n) is 8.68. The Morgan fingerprint density at radius 2 is 1.59 bits per heavy atom. The molecule has 0 spiro atoms. The van der Waals surface area contributed by atoms with Crippen LogP contribution in [0.4, 0.5) is 21.5 Å². The van der Waals surface area contributed by atoms with Gasteiger partial charge >= 0.3 is 0 Å². The number of aliphatic imine (C=N–C) groups is 1. The van der Waals surface area contributed by atoms with E-state index in [1.54, 1.807) is 12.1 Å².